The maximum absolute atomic E-state index is 13.5. The highest BCUT2D eigenvalue weighted by molar-refractivity contribution is 6.08. The molecule has 0 bridgehead atoms. The summed E-state index contributed by atoms with van der Waals surface area (Å²) in [4.78, 5) is 27.7. The van der Waals surface area contributed by atoms with Crippen molar-refractivity contribution in [3.8, 4) is 5.75 Å². The maximum Gasteiger partial charge on any atom is 0.274 e. The average Bonchev–Trinajstić information content (AvgIpc) is 3.55. The van der Waals surface area contributed by atoms with Gasteiger partial charge in [0.15, 0.2) is 0 Å². The molecule has 1 fully saturated rings. The summed E-state index contributed by atoms with van der Waals surface area (Å²) in [7, 11) is 2.18. The van der Waals surface area contributed by atoms with Gasteiger partial charge in [0, 0.05) is 61.0 Å². The van der Waals surface area contributed by atoms with Crippen LogP contribution in [-0.4, -0.2) is 85.7 Å². The van der Waals surface area contributed by atoms with Crippen molar-refractivity contribution in [2.24, 2.45) is 0 Å². The lowest BCUT2D eigenvalue weighted by Crippen LogP contribution is -2.50. The van der Waals surface area contributed by atoms with Gasteiger partial charge in [-0.2, -0.15) is 5.10 Å². The van der Waals surface area contributed by atoms with E-state index in [1.165, 1.54) is 0 Å². The van der Waals surface area contributed by atoms with Gasteiger partial charge in [0.1, 0.15) is 23.7 Å². The lowest BCUT2D eigenvalue weighted by atomic mass is 9.91. The first-order chi connectivity index (χ1) is 21.1. The third kappa shape index (κ3) is 6.18. The Morgan fingerprint density at radius 2 is 1.93 bits per heavy atom. The second-order valence-corrected chi connectivity index (χ2v) is 12.9. The number of likely N-dealkylation sites (N-methyl/N-ethyl adjacent to an activating group) is 1. The smallest absolute Gasteiger partial charge is 0.274 e. The first kappa shape index (κ1) is 29.8. The van der Waals surface area contributed by atoms with Crippen LogP contribution in [0.15, 0.2) is 60.9 Å². The van der Waals surface area contributed by atoms with E-state index in [4.69, 9.17) is 14.8 Å². The number of aryl methyl sites for hydroxylation is 1. The number of fused-ring (bicyclic) bond motifs is 2. The Kier molecular flexibility index (Phi) is 8.13. The molecule has 1 unspecified atom stereocenters. The minimum absolute atomic E-state index is 0.0362. The van der Waals surface area contributed by atoms with Crippen LogP contribution in [0.2, 0.25) is 0 Å². The largest absolute Gasteiger partial charge is 0.492 e. The number of amides is 1. The number of pyridine rings is 2. The van der Waals surface area contributed by atoms with Crippen molar-refractivity contribution in [3.63, 3.8) is 0 Å². The van der Waals surface area contributed by atoms with E-state index >= 15 is 0 Å². The van der Waals surface area contributed by atoms with Crippen LogP contribution in [0.3, 0.4) is 0 Å². The molecule has 4 aromatic heterocycles. The van der Waals surface area contributed by atoms with E-state index in [2.05, 4.69) is 60.9 Å². The fraction of sp³-hybridized carbons (Fsp3) is 0.412. The molecular formula is C34H42N8O2. The zero-order chi connectivity index (χ0) is 31.0. The monoisotopic (exact) mass is 594 g/mol. The van der Waals surface area contributed by atoms with Crippen molar-refractivity contribution in [2.75, 3.05) is 45.2 Å². The highest BCUT2D eigenvalue weighted by atomic mass is 16.5. The van der Waals surface area contributed by atoms with E-state index in [1.54, 1.807) is 10.6 Å². The predicted octanol–water partition coefficient (Wildman–Crippen LogP) is 5.00. The molecule has 10 nitrogen and oxygen atoms in total. The minimum Gasteiger partial charge on any atom is -0.492 e. The first-order valence-corrected chi connectivity index (χ1v) is 15.3. The van der Waals surface area contributed by atoms with Gasteiger partial charge in [0.25, 0.3) is 5.91 Å². The lowest BCUT2D eigenvalue weighted by molar-refractivity contribution is 0.0928. The van der Waals surface area contributed by atoms with Crippen molar-refractivity contribution in [1.29, 1.82) is 0 Å². The van der Waals surface area contributed by atoms with Crippen molar-refractivity contribution in [1.82, 2.24) is 33.9 Å². The number of ether oxygens (including phenoxy) is 1. The molecule has 1 amide bonds. The first-order valence-electron chi connectivity index (χ1n) is 15.3. The van der Waals surface area contributed by atoms with Gasteiger partial charge < -0.3 is 15.0 Å². The second kappa shape index (κ2) is 12.0. The molecule has 5 heterocycles. The third-order valence-corrected chi connectivity index (χ3v) is 8.53. The average molecular weight is 595 g/mol. The molecule has 6 rings (SSSR count). The van der Waals surface area contributed by atoms with Crippen molar-refractivity contribution < 1.29 is 9.53 Å². The number of carbonyl (C=O) groups excluding carboxylic acids is 1. The minimum atomic E-state index is -0.241. The molecule has 1 aromatic carbocycles. The van der Waals surface area contributed by atoms with Crippen LogP contribution in [0.5, 0.6) is 5.75 Å². The fourth-order valence-electron chi connectivity index (χ4n) is 5.81. The van der Waals surface area contributed by atoms with Crippen molar-refractivity contribution >= 4 is 28.1 Å². The summed E-state index contributed by atoms with van der Waals surface area (Å²) in [6, 6.07) is 16.3. The molecule has 0 spiro atoms. The van der Waals surface area contributed by atoms with Crippen LogP contribution in [0.1, 0.15) is 55.3 Å². The summed E-state index contributed by atoms with van der Waals surface area (Å²) in [5, 5.41) is 8.84. The number of benzene rings is 1. The predicted molar refractivity (Wildman–Crippen MR) is 174 cm³/mol. The van der Waals surface area contributed by atoms with Crippen LogP contribution < -0.4 is 10.1 Å². The van der Waals surface area contributed by atoms with E-state index in [9.17, 15) is 4.79 Å². The quantitative estimate of drug-likeness (QED) is 0.270. The van der Waals surface area contributed by atoms with E-state index < -0.39 is 0 Å². The van der Waals surface area contributed by atoms with Crippen molar-refractivity contribution in [2.45, 2.75) is 52.6 Å². The molecule has 0 radical (unpaired) electrons. The number of rotatable bonds is 8. The topological polar surface area (TPSA) is 92.8 Å². The molecular weight excluding hydrogens is 552 g/mol. The van der Waals surface area contributed by atoms with E-state index in [-0.39, 0.29) is 11.3 Å². The van der Waals surface area contributed by atoms with Gasteiger partial charge in [0.2, 0.25) is 0 Å². The van der Waals surface area contributed by atoms with Crippen molar-refractivity contribution in [3.05, 3.63) is 83.7 Å². The van der Waals surface area contributed by atoms with Crippen LogP contribution in [0.25, 0.3) is 16.6 Å². The Morgan fingerprint density at radius 3 is 2.73 bits per heavy atom. The highest BCUT2D eigenvalue weighted by Crippen LogP contribution is 2.28. The van der Waals surface area contributed by atoms with Gasteiger partial charge in [-0.05, 0) is 51.2 Å². The molecule has 1 N–H and O–H groups in total. The Labute approximate surface area is 258 Å². The number of aromatic nitrogens is 5. The molecule has 0 saturated carbocycles. The molecule has 10 heteroatoms. The summed E-state index contributed by atoms with van der Waals surface area (Å²) < 4.78 is 9.79. The summed E-state index contributed by atoms with van der Waals surface area (Å²) in [5.41, 5.74) is 5.55. The van der Waals surface area contributed by atoms with Crippen LogP contribution in [-0.2, 0) is 12.0 Å². The molecule has 1 aliphatic rings. The van der Waals surface area contributed by atoms with Gasteiger partial charge in [-0.25, -0.2) is 4.98 Å². The van der Waals surface area contributed by atoms with Gasteiger partial charge in [-0.3, -0.25) is 23.8 Å². The van der Waals surface area contributed by atoms with Crippen LogP contribution >= 0.6 is 0 Å². The van der Waals surface area contributed by atoms with Gasteiger partial charge in [-0.15, -0.1) is 0 Å². The number of carbonyl (C=O) groups is 1. The number of hydrogen-bond acceptors (Lipinski definition) is 7. The number of nitrogens with zero attached hydrogens (tertiary/aromatic N) is 7. The Bertz CT molecular complexity index is 1800. The highest BCUT2D eigenvalue weighted by Gasteiger charge is 2.21. The molecule has 44 heavy (non-hydrogen) atoms. The molecule has 5 aromatic rings. The zero-order valence-electron chi connectivity index (χ0n) is 26.5. The standard InChI is InChI=1S/C34H42N8O2/c1-23-21-40(16-15-39(23)6)17-18-44-26-13-14-41-29(20-35-31(41)19-26)33(43)37-27-10-8-11-28-32(27)24(2)38-42(28)22-25-9-7-12-30(36-25)34(3,4)5/h7-14,19-20,23H,15-18,21-22H2,1-6H3,(H,37,43). The Hall–Kier alpha value is -4.28. The van der Waals surface area contributed by atoms with E-state index in [0.29, 0.717) is 36.2 Å². The van der Waals surface area contributed by atoms with Gasteiger partial charge in [-0.1, -0.05) is 32.9 Å². The summed E-state index contributed by atoms with van der Waals surface area (Å²) in [6.07, 6.45) is 3.44. The van der Waals surface area contributed by atoms with Crippen LogP contribution in [0, 0.1) is 6.92 Å². The number of anilines is 1. The number of nitrogens with one attached hydrogen (secondary N) is 1. The van der Waals surface area contributed by atoms with E-state index in [0.717, 1.165) is 59.9 Å². The number of imidazole rings is 1. The third-order valence-electron chi connectivity index (χ3n) is 8.53. The second-order valence-electron chi connectivity index (χ2n) is 12.9. The Balaban J connectivity index is 1.15. The summed E-state index contributed by atoms with van der Waals surface area (Å²) in [6.45, 7) is 15.9. The fourth-order valence-corrected chi connectivity index (χ4v) is 5.81. The van der Waals surface area contributed by atoms with Crippen LogP contribution in [0.4, 0.5) is 5.69 Å². The maximum atomic E-state index is 13.5. The number of hydrogen-bond donors (Lipinski definition) is 1. The summed E-state index contributed by atoms with van der Waals surface area (Å²) >= 11 is 0. The van der Waals surface area contributed by atoms with E-state index in [1.807, 2.05) is 60.3 Å². The zero-order valence-corrected chi connectivity index (χ0v) is 26.5. The molecule has 1 aliphatic heterocycles. The van der Waals surface area contributed by atoms with Gasteiger partial charge >= 0.3 is 0 Å². The Morgan fingerprint density at radius 1 is 1.11 bits per heavy atom. The molecule has 1 saturated heterocycles. The number of piperazine rings is 1. The lowest BCUT2D eigenvalue weighted by Gasteiger charge is -2.37. The van der Waals surface area contributed by atoms with Gasteiger partial charge in [0.05, 0.1) is 35.3 Å². The summed E-state index contributed by atoms with van der Waals surface area (Å²) in [5.74, 6) is 0.502. The SMILES string of the molecule is Cc1nn(Cc2cccc(C(C)(C)C)n2)c2cccc(NC(=O)c3cnc4cc(OCCN5CCN(C)C(C)C5)ccn34)c12. The molecule has 0 aliphatic carbocycles. The molecule has 230 valence electrons. The molecule has 1 atom stereocenters. The normalized spacial score (nSPS) is 16.5.